The van der Waals surface area contributed by atoms with Crippen molar-refractivity contribution in [1.82, 2.24) is 10.1 Å². The molecule has 26 heavy (non-hydrogen) atoms. The normalized spacial score (nSPS) is 12.1. The van der Waals surface area contributed by atoms with Gasteiger partial charge in [0.05, 0.1) is 14.2 Å². The Balaban J connectivity index is 1.46. The number of rotatable bonds is 6. The van der Waals surface area contributed by atoms with Gasteiger partial charge < -0.3 is 28.8 Å². The van der Waals surface area contributed by atoms with E-state index in [9.17, 15) is 0 Å². The van der Waals surface area contributed by atoms with Crippen LogP contribution in [0.15, 0.2) is 40.9 Å². The number of benzene rings is 2. The Labute approximate surface area is 149 Å². The van der Waals surface area contributed by atoms with E-state index in [4.69, 9.17) is 23.5 Å². The van der Waals surface area contributed by atoms with E-state index < -0.39 is 0 Å². The van der Waals surface area contributed by atoms with Crippen LogP contribution < -0.4 is 24.3 Å². The van der Waals surface area contributed by atoms with E-state index >= 15 is 0 Å². The minimum Gasteiger partial charge on any atom is -0.493 e. The van der Waals surface area contributed by atoms with Crippen LogP contribution in [-0.4, -0.2) is 31.2 Å². The molecule has 2 aromatic carbocycles. The summed E-state index contributed by atoms with van der Waals surface area (Å²) in [6, 6.07) is 11.5. The Bertz CT molecular complexity index is 925. The lowest BCUT2D eigenvalue weighted by molar-refractivity contribution is 0.174. The van der Waals surface area contributed by atoms with E-state index in [0.29, 0.717) is 29.9 Å². The number of fused-ring (bicyclic) bond motifs is 1. The van der Waals surface area contributed by atoms with Crippen molar-refractivity contribution >= 4 is 6.01 Å². The second-order valence-corrected chi connectivity index (χ2v) is 5.53. The van der Waals surface area contributed by atoms with E-state index in [0.717, 1.165) is 22.6 Å². The molecule has 1 N–H and O–H groups in total. The summed E-state index contributed by atoms with van der Waals surface area (Å²) >= 11 is 0. The van der Waals surface area contributed by atoms with Crippen LogP contribution in [0.5, 0.6) is 23.0 Å². The molecular formula is C18H17N3O5. The lowest BCUT2D eigenvalue weighted by atomic mass is 10.2. The van der Waals surface area contributed by atoms with Crippen LogP contribution in [0.3, 0.4) is 0 Å². The fraction of sp³-hybridized carbons (Fsp3) is 0.222. The summed E-state index contributed by atoms with van der Waals surface area (Å²) in [4.78, 5) is 4.36. The Kier molecular flexibility index (Phi) is 4.22. The maximum atomic E-state index is 5.37. The Morgan fingerprint density at radius 3 is 2.69 bits per heavy atom. The third-order valence-corrected chi connectivity index (χ3v) is 3.95. The number of anilines is 1. The van der Waals surface area contributed by atoms with Gasteiger partial charge in [-0.15, -0.1) is 0 Å². The van der Waals surface area contributed by atoms with Crippen molar-refractivity contribution in [2.24, 2.45) is 0 Å². The first kappa shape index (κ1) is 16.1. The van der Waals surface area contributed by atoms with Gasteiger partial charge >= 0.3 is 6.01 Å². The molecule has 0 saturated carbocycles. The Morgan fingerprint density at radius 2 is 1.85 bits per heavy atom. The average Bonchev–Trinajstić information content (AvgIpc) is 3.34. The quantitative estimate of drug-likeness (QED) is 0.722. The minimum absolute atomic E-state index is 0.255. The summed E-state index contributed by atoms with van der Waals surface area (Å²) in [7, 11) is 3.17. The standard InChI is InChI=1S/C18H17N3O5/c1-22-13-6-4-12(8-15(13)23-2)17-20-18(26-21-17)19-9-11-3-5-14-16(7-11)25-10-24-14/h3-8H,9-10H2,1-2H3,(H,19,20,21). The van der Waals surface area contributed by atoms with Crippen LogP contribution in [0, 0.1) is 0 Å². The maximum absolute atomic E-state index is 5.37. The predicted octanol–water partition coefficient (Wildman–Crippen LogP) is 3.09. The topological polar surface area (TPSA) is 87.9 Å². The zero-order valence-electron chi connectivity index (χ0n) is 14.3. The molecule has 1 aromatic heterocycles. The number of nitrogens with zero attached hydrogens (tertiary/aromatic N) is 2. The molecular weight excluding hydrogens is 338 g/mol. The molecule has 8 heteroatoms. The minimum atomic E-state index is 0.255. The molecule has 0 bridgehead atoms. The van der Waals surface area contributed by atoms with Gasteiger partial charge in [0.1, 0.15) is 0 Å². The Hall–Kier alpha value is -3.42. The summed E-state index contributed by atoms with van der Waals surface area (Å²) in [6.45, 7) is 0.773. The molecule has 3 aromatic rings. The summed E-state index contributed by atoms with van der Waals surface area (Å²) in [5.41, 5.74) is 1.78. The van der Waals surface area contributed by atoms with E-state index in [1.165, 1.54) is 0 Å². The number of methoxy groups -OCH3 is 2. The van der Waals surface area contributed by atoms with Crippen molar-refractivity contribution < 1.29 is 23.5 Å². The smallest absolute Gasteiger partial charge is 0.322 e. The molecule has 1 aliphatic rings. The van der Waals surface area contributed by atoms with Crippen molar-refractivity contribution in [3.05, 3.63) is 42.0 Å². The molecule has 4 rings (SSSR count). The van der Waals surface area contributed by atoms with Gasteiger partial charge in [-0.05, 0) is 35.9 Å². The van der Waals surface area contributed by atoms with Crippen molar-refractivity contribution in [3.8, 4) is 34.4 Å². The summed E-state index contributed by atoms with van der Waals surface area (Å²) in [5.74, 6) is 3.19. The first-order valence-electron chi connectivity index (χ1n) is 7.95. The van der Waals surface area contributed by atoms with E-state index in [1.807, 2.05) is 24.3 Å². The summed E-state index contributed by atoms with van der Waals surface area (Å²) in [6.07, 6.45) is 0. The first-order valence-corrected chi connectivity index (χ1v) is 7.95. The van der Waals surface area contributed by atoms with Crippen LogP contribution in [0.25, 0.3) is 11.4 Å². The molecule has 2 heterocycles. The highest BCUT2D eigenvalue weighted by Crippen LogP contribution is 2.33. The van der Waals surface area contributed by atoms with Crippen LogP contribution in [0.4, 0.5) is 6.01 Å². The molecule has 0 atom stereocenters. The van der Waals surface area contributed by atoms with Gasteiger partial charge in [-0.2, -0.15) is 4.98 Å². The molecule has 0 unspecified atom stereocenters. The molecule has 134 valence electrons. The third-order valence-electron chi connectivity index (χ3n) is 3.95. The lowest BCUT2D eigenvalue weighted by Crippen LogP contribution is -1.99. The van der Waals surface area contributed by atoms with Crippen LogP contribution in [0.1, 0.15) is 5.56 Å². The highest BCUT2D eigenvalue weighted by molar-refractivity contribution is 5.61. The molecule has 1 aliphatic heterocycles. The average molecular weight is 355 g/mol. The van der Waals surface area contributed by atoms with Gasteiger partial charge in [-0.3, -0.25) is 0 Å². The van der Waals surface area contributed by atoms with Gasteiger partial charge in [0.15, 0.2) is 23.0 Å². The molecule has 0 amide bonds. The van der Waals surface area contributed by atoms with Crippen LogP contribution >= 0.6 is 0 Å². The van der Waals surface area contributed by atoms with E-state index in [-0.39, 0.29) is 6.79 Å². The first-order chi connectivity index (χ1) is 12.8. The van der Waals surface area contributed by atoms with Gasteiger partial charge in [0.2, 0.25) is 12.6 Å². The third kappa shape index (κ3) is 3.08. The Morgan fingerprint density at radius 1 is 1.00 bits per heavy atom. The summed E-state index contributed by atoms with van der Waals surface area (Å²) < 4.78 is 26.5. The molecule has 0 spiro atoms. The predicted molar refractivity (Wildman–Crippen MR) is 92.7 cm³/mol. The fourth-order valence-electron chi connectivity index (χ4n) is 2.62. The molecule has 0 aliphatic carbocycles. The molecule has 0 saturated heterocycles. The second kappa shape index (κ2) is 6.83. The van der Waals surface area contributed by atoms with Crippen molar-refractivity contribution in [2.75, 3.05) is 26.3 Å². The van der Waals surface area contributed by atoms with Gasteiger partial charge in [-0.25, -0.2) is 0 Å². The highest BCUT2D eigenvalue weighted by Gasteiger charge is 2.14. The molecule has 0 radical (unpaired) electrons. The number of hydrogen-bond acceptors (Lipinski definition) is 8. The number of ether oxygens (including phenoxy) is 4. The van der Waals surface area contributed by atoms with E-state index in [2.05, 4.69) is 15.5 Å². The number of nitrogens with one attached hydrogen (secondary N) is 1. The fourth-order valence-corrected chi connectivity index (χ4v) is 2.62. The zero-order chi connectivity index (χ0) is 17.9. The van der Waals surface area contributed by atoms with Gasteiger partial charge in [0.25, 0.3) is 0 Å². The largest absolute Gasteiger partial charge is 0.493 e. The van der Waals surface area contributed by atoms with E-state index in [1.54, 1.807) is 26.4 Å². The second-order valence-electron chi connectivity index (χ2n) is 5.53. The van der Waals surface area contributed by atoms with Crippen molar-refractivity contribution in [1.29, 1.82) is 0 Å². The number of aromatic nitrogens is 2. The summed E-state index contributed by atoms with van der Waals surface area (Å²) in [5, 5.41) is 7.10. The SMILES string of the molecule is COc1ccc(-c2noc(NCc3ccc4c(c3)OCO4)n2)cc1OC. The van der Waals surface area contributed by atoms with Crippen LogP contribution in [-0.2, 0) is 6.54 Å². The molecule has 8 nitrogen and oxygen atoms in total. The van der Waals surface area contributed by atoms with Gasteiger partial charge in [0, 0.05) is 12.1 Å². The maximum Gasteiger partial charge on any atom is 0.322 e. The zero-order valence-corrected chi connectivity index (χ0v) is 14.3. The highest BCUT2D eigenvalue weighted by atomic mass is 16.7. The molecule has 0 fully saturated rings. The van der Waals surface area contributed by atoms with Gasteiger partial charge in [-0.1, -0.05) is 11.2 Å². The van der Waals surface area contributed by atoms with Crippen molar-refractivity contribution in [3.63, 3.8) is 0 Å². The van der Waals surface area contributed by atoms with Crippen molar-refractivity contribution in [2.45, 2.75) is 6.54 Å². The van der Waals surface area contributed by atoms with Crippen LogP contribution in [0.2, 0.25) is 0 Å². The monoisotopic (exact) mass is 355 g/mol. The number of hydrogen-bond donors (Lipinski definition) is 1. The lowest BCUT2D eigenvalue weighted by Gasteiger charge is -2.07.